The van der Waals surface area contributed by atoms with E-state index in [2.05, 4.69) is 5.10 Å². The fourth-order valence-electron chi connectivity index (χ4n) is 2.77. The van der Waals surface area contributed by atoms with Crippen molar-refractivity contribution in [3.05, 3.63) is 53.6 Å². The number of hydrogen-bond acceptors (Lipinski definition) is 2. The topological polar surface area (TPSA) is 38.1 Å². The lowest BCUT2D eigenvalue weighted by atomic mass is 10.0. The van der Waals surface area contributed by atoms with Crippen molar-refractivity contribution in [2.45, 2.75) is 18.9 Å². The molecule has 1 aromatic carbocycles. The third kappa shape index (κ3) is 2.19. The van der Waals surface area contributed by atoms with Crippen LogP contribution in [-0.4, -0.2) is 27.1 Å². The van der Waals surface area contributed by atoms with Crippen molar-refractivity contribution in [3.63, 3.8) is 0 Å². The maximum atomic E-state index is 13.0. The van der Waals surface area contributed by atoms with Crippen LogP contribution >= 0.6 is 0 Å². The van der Waals surface area contributed by atoms with Gasteiger partial charge in [-0.25, -0.2) is 4.39 Å². The number of nitrogens with zero attached hydrogens (tertiary/aromatic N) is 3. The number of benzene rings is 1. The molecule has 4 nitrogen and oxygen atoms in total. The molecule has 0 saturated carbocycles. The molecule has 1 atom stereocenters. The standard InChI is InChI=1S/C15H16FN3O/c1-18-14(8-9-17-18)15(20)19-10-2-3-13(19)11-4-6-12(16)7-5-11/h4-9,13H,2-3,10H2,1H3. The molecule has 0 N–H and O–H groups in total. The predicted molar refractivity (Wildman–Crippen MR) is 72.6 cm³/mol. The van der Waals surface area contributed by atoms with Gasteiger partial charge in [-0.2, -0.15) is 5.10 Å². The van der Waals surface area contributed by atoms with Gasteiger partial charge in [0.2, 0.25) is 0 Å². The highest BCUT2D eigenvalue weighted by atomic mass is 19.1. The second kappa shape index (κ2) is 5.07. The van der Waals surface area contributed by atoms with Gasteiger partial charge in [0.15, 0.2) is 0 Å². The maximum Gasteiger partial charge on any atom is 0.272 e. The van der Waals surface area contributed by atoms with Gasteiger partial charge in [0.1, 0.15) is 11.5 Å². The van der Waals surface area contributed by atoms with Crippen LogP contribution in [0.15, 0.2) is 36.5 Å². The number of amides is 1. The maximum absolute atomic E-state index is 13.0. The van der Waals surface area contributed by atoms with Crippen LogP contribution in [0.25, 0.3) is 0 Å². The van der Waals surface area contributed by atoms with Gasteiger partial charge in [-0.3, -0.25) is 9.48 Å². The Balaban J connectivity index is 1.87. The molecule has 2 heterocycles. The normalized spacial score (nSPS) is 18.5. The number of rotatable bonds is 2. The minimum absolute atomic E-state index is 0.0168. The largest absolute Gasteiger partial charge is 0.330 e. The summed E-state index contributed by atoms with van der Waals surface area (Å²) in [5, 5.41) is 4.04. The zero-order chi connectivity index (χ0) is 14.1. The Morgan fingerprint density at radius 1 is 1.30 bits per heavy atom. The van der Waals surface area contributed by atoms with Gasteiger partial charge in [-0.15, -0.1) is 0 Å². The summed E-state index contributed by atoms with van der Waals surface area (Å²) in [6, 6.07) is 8.16. The Bertz CT molecular complexity index is 620. The van der Waals surface area contributed by atoms with E-state index in [1.54, 1.807) is 36.1 Å². The molecular weight excluding hydrogens is 257 g/mol. The first-order valence-electron chi connectivity index (χ1n) is 6.71. The molecule has 1 unspecified atom stereocenters. The summed E-state index contributed by atoms with van der Waals surface area (Å²) in [7, 11) is 1.76. The van der Waals surface area contributed by atoms with Crippen molar-refractivity contribution >= 4 is 5.91 Å². The summed E-state index contributed by atoms with van der Waals surface area (Å²) in [4.78, 5) is 14.4. The number of carbonyl (C=O) groups is 1. The van der Waals surface area contributed by atoms with Crippen LogP contribution in [0.1, 0.15) is 34.9 Å². The van der Waals surface area contributed by atoms with E-state index in [-0.39, 0.29) is 17.8 Å². The van der Waals surface area contributed by atoms with Gasteiger partial charge in [0.25, 0.3) is 5.91 Å². The lowest BCUT2D eigenvalue weighted by molar-refractivity contribution is 0.0724. The summed E-state index contributed by atoms with van der Waals surface area (Å²) >= 11 is 0. The van der Waals surface area contributed by atoms with E-state index in [4.69, 9.17) is 0 Å². The first-order chi connectivity index (χ1) is 9.66. The van der Waals surface area contributed by atoms with Crippen LogP contribution in [-0.2, 0) is 7.05 Å². The van der Waals surface area contributed by atoms with Gasteiger partial charge in [0, 0.05) is 19.8 Å². The van der Waals surface area contributed by atoms with Crippen molar-refractivity contribution in [3.8, 4) is 0 Å². The lowest BCUT2D eigenvalue weighted by Crippen LogP contribution is -2.32. The number of aromatic nitrogens is 2. The van der Waals surface area contributed by atoms with E-state index in [9.17, 15) is 9.18 Å². The van der Waals surface area contributed by atoms with Crippen molar-refractivity contribution in [2.24, 2.45) is 7.05 Å². The smallest absolute Gasteiger partial charge is 0.272 e. The molecule has 1 aromatic heterocycles. The van der Waals surface area contributed by atoms with E-state index >= 15 is 0 Å². The van der Waals surface area contributed by atoms with E-state index in [1.165, 1.54) is 12.1 Å². The second-order valence-electron chi connectivity index (χ2n) is 5.05. The second-order valence-corrected chi connectivity index (χ2v) is 5.05. The minimum atomic E-state index is -0.253. The van der Waals surface area contributed by atoms with E-state index in [1.807, 2.05) is 4.90 Å². The first kappa shape index (κ1) is 12.8. The van der Waals surface area contributed by atoms with Gasteiger partial charge in [-0.1, -0.05) is 12.1 Å². The summed E-state index contributed by atoms with van der Waals surface area (Å²) in [6.07, 6.45) is 3.50. The Hall–Kier alpha value is -2.17. The van der Waals surface area contributed by atoms with Crippen LogP contribution in [0, 0.1) is 5.82 Å². The fraction of sp³-hybridized carbons (Fsp3) is 0.333. The molecule has 1 aliphatic heterocycles. The molecule has 1 fully saturated rings. The minimum Gasteiger partial charge on any atom is -0.330 e. The molecule has 3 rings (SSSR count). The van der Waals surface area contributed by atoms with Crippen molar-refractivity contribution in [1.29, 1.82) is 0 Å². The third-order valence-electron chi connectivity index (χ3n) is 3.81. The number of likely N-dealkylation sites (tertiary alicyclic amines) is 1. The molecule has 1 saturated heterocycles. The zero-order valence-electron chi connectivity index (χ0n) is 11.3. The number of halogens is 1. The highest BCUT2D eigenvalue weighted by Crippen LogP contribution is 2.33. The Kier molecular flexibility index (Phi) is 3.26. The molecule has 0 aliphatic carbocycles. The molecule has 0 bridgehead atoms. The number of carbonyl (C=O) groups excluding carboxylic acids is 1. The van der Waals surface area contributed by atoms with Crippen LogP contribution < -0.4 is 0 Å². The number of aryl methyl sites for hydroxylation is 1. The zero-order valence-corrected chi connectivity index (χ0v) is 11.3. The molecule has 0 spiro atoms. The van der Waals surface area contributed by atoms with Gasteiger partial charge in [0.05, 0.1) is 6.04 Å². The van der Waals surface area contributed by atoms with Crippen LogP contribution in [0.4, 0.5) is 4.39 Å². The summed E-state index contributed by atoms with van der Waals surface area (Å²) in [5.74, 6) is -0.270. The molecule has 5 heteroatoms. The molecule has 0 radical (unpaired) electrons. The van der Waals surface area contributed by atoms with Crippen molar-refractivity contribution in [1.82, 2.24) is 14.7 Å². The van der Waals surface area contributed by atoms with Gasteiger partial charge < -0.3 is 4.90 Å². The fourth-order valence-corrected chi connectivity index (χ4v) is 2.77. The van der Waals surface area contributed by atoms with Crippen LogP contribution in [0.3, 0.4) is 0 Å². The van der Waals surface area contributed by atoms with E-state index in [0.717, 1.165) is 24.9 Å². The lowest BCUT2D eigenvalue weighted by Gasteiger charge is -2.25. The van der Waals surface area contributed by atoms with Gasteiger partial charge in [-0.05, 0) is 36.6 Å². The van der Waals surface area contributed by atoms with Crippen molar-refractivity contribution in [2.75, 3.05) is 6.54 Å². The quantitative estimate of drug-likeness (QED) is 0.843. The molecule has 20 heavy (non-hydrogen) atoms. The van der Waals surface area contributed by atoms with Crippen LogP contribution in [0.2, 0.25) is 0 Å². The van der Waals surface area contributed by atoms with Gasteiger partial charge >= 0.3 is 0 Å². The molecule has 104 valence electrons. The third-order valence-corrected chi connectivity index (χ3v) is 3.81. The highest BCUT2D eigenvalue weighted by molar-refractivity contribution is 5.93. The molecule has 1 amide bonds. The van der Waals surface area contributed by atoms with Crippen molar-refractivity contribution < 1.29 is 9.18 Å². The summed E-state index contributed by atoms with van der Waals surface area (Å²) in [6.45, 7) is 0.728. The molecule has 2 aromatic rings. The van der Waals surface area contributed by atoms with E-state index < -0.39 is 0 Å². The first-order valence-corrected chi connectivity index (χ1v) is 6.71. The SMILES string of the molecule is Cn1nccc1C(=O)N1CCCC1c1ccc(F)cc1. The summed E-state index contributed by atoms with van der Waals surface area (Å²) < 4.78 is 14.6. The molecular formula is C15H16FN3O. The van der Waals surface area contributed by atoms with Crippen LogP contribution in [0.5, 0.6) is 0 Å². The Labute approximate surface area is 116 Å². The highest BCUT2D eigenvalue weighted by Gasteiger charge is 2.31. The average molecular weight is 273 g/mol. The predicted octanol–water partition coefficient (Wildman–Crippen LogP) is 2.54. The molecule has 1 aliphatic rings. The average Bonchev–Trinajstić information content (AvgIpc) is 3.07. The number of hydrogen-bond donors (Lipinski definition) is 0. The summed E-state index contributed by atoms with van der Waals surface area (Å²) in [5.41, 5.74) is 1.57. The monoisotopic (exact) mass is 273 g/mol. The Morgan fingerprint density at radius 3 is 2.70 bits per heavy atom. The Morgan fingerprint density at radius 2 is 2.05 bits per heavy atom. The van der Waals surface area contributed by atoms with E-state index in [0.29, 0.717) is 5.69 Å².